The van der Waals surface area contributed by atoms with Crippen LogP contribution in [-0.2, 0) is 0 Å². The number of allylic oxidation sites excluding steroid dienone is 2. The Labute approximate surface area is 121 Å². The zero-order valence-electron chi connectivity index (χ0n) is 11.1. The summed E-state index contributed by atoms with van der Waals surface area (Å²) in [4.78, 5) is 19.1. The molecule has 0 fully saturated rings. The van der Waals surface area contributed by atoms with Crippen molar-refractivity contribution in [2.75, 3.05) is 6.54 Å². The minimum absolute atomic E-state index is 0.0603. The Morgan fingerprint density at radius 1 is 1.10 bits per heavy atom. The zero-order chi connectivity index (χ0) is 14.7. The Bertz CT molecular complexity index is 736. The molecule has 0 atom stereocenters. The van der Waals surface area contributed by atoms with Gasteiger partial charge in [-0.25, -0.2) is 0 Å². The average molecular weight is 280 g/mol. The Kier molecular flexibility index (Phi) is 3.42. The minimum Gasteiger partial charge on any atom is -0.387 e. The van der Waals surface area contributed by atoms with Crippen molar-refractivity contribution in [2.24, 2.45) is 0 Å². The van der Waals surface area contributed by atoms with E-state index in [1.165, 1.54) is 12.1 Å². The standard InChI is InChI=1S/C15H12N4O2/c20-19(21)13-3-1-11(2-4-13)14-15(18-10-9-17-14)12-5-7-16-8-6-12/h1-7,9-10,16H,8H2. The summed E-state index contributed by atoms with van der Waals surface area (Å²) in [6.07, 6.45) is 9.08. The lowest BCUT2D eigenvalue weighted by atomic mass is 10.0. The van der Waals surface area contributed by atoms with Crippen molar-refractivity contribution in [1.82, 2.24) is 15.3 Å². The molecule has 0 saturated carbocycles. The number of benzene rings is 1. The Hall–Kier alpha value is -3.02. The number of hydrogen-bond donors (Lipinski definition) is 1. The number of non-ortho nitro benzene ring substituents is 1. The highest BCUT2D eigenvalue weighted by Gasteiger charge is 2.13. The third-order valence-electron chi connectivity index (χ3n) is 3.14. The number of dihydropyridines is 1. The molecule has 0 spiro atoms. The summed E-state index contributed by atoms with van der Waals surface area (Å²) in [5.41, 5.74) is 3.33. The zero-order valence-corrected chi connectivity index (χ0v) is 11.1. The van der Waals surface area contributed by atoms with E-state index >= 15 is 0 Å². The van der Waals surface area contributed by atoms with Crippen molar-refractivity contribution in [3.05, 3.63) is 70.8 Å². The Balaban J connectivity index is 2.04. The van der Waals surface area contributed by atoms with Crippen LogP contribution in [0, 0.1) is 10.1 Å². The first-order valence-corrected chi connectivity index (χ1v) is 6.42. The molecule has 21 heavy (non-hydrogen) atoms. The lowest BCUT2D eigenvalue weighted by Gasteiger charge is -2.11. The van der Waals surface area contributed by atoms with Crippen LogP contribution in [0.5, 0.6) is 0 Å². The van der Waals surface area contributed by atoms with Gasteiger partial charge in [0.05, 0.1) is 16.3 Å². The van der Waals surface area contributed by atoms with Crippen LogP contribution in [0.3, 0.4) is 0 Å². The molecule has 0 aliphatic carbocycles. The van der Waals surface area contributed by atoms with Crippen LogP contribution in [0.15, 0.2) is 55.0 Å². The van der Waals surface area contributed by atoms with Crippen molar-refractivity contribution in [3.63, 3.8) is 0 Å². The second-order valence-corrected chi connectivity index (χ2v) is 4.46. The van der Waals surface area contributed by atoms with Gasteiger partial charge < -0.3 is 5.32 Å². The smallest absolute Gasteiger partial charge is 0.269 e. The first-order chi connectivity index (χ1) is 10.3. The number of nitro benzene ring substituents is 1. The van der Waals surface area contributed by atoms with Crippen molar-refractivity contribution in [3.8, 4) is 11.3 Å². The summed E-state index contributed by atoms with van der Waals surface area (Å²) >= 11 is 0. The first-order valence-electron chi connectivity index (χ1n) is 6.42. The van der Waals surface area contributed by atoms with Crippen LogP contribution in [0.25, 0.3) is 16.8 Å². The maximum atomic E-state index is 10.7. The lowest BCUT2D eigenvalue weighted by Crippen LogP contribution is -2.09. The van der Waals surface area contributed by atoms with Gasteiger partial charge in [-0.15, -0.1) is 0 Å². The molecule has 0 bridgehead atoms. The molecule has 0 amide bonds. The van der Waals surface area contributed by atoms with Gasteiger partial charge in [-0.3, -0.25) is 20.1 Å². The molecule has 1 aliphatic heterocycles. The summed E-state index contributed by atoms with van der Waals surface area (Å²) in [7, 11) is 0. The normalized spacial score (nSPS) is 13.4. The van der Waals surface area contributed by atoms with Crippen LogP contribution < -0.4 is 5.32 Å². The van der Waals surface area contributed by atoms with Crippen molar-refractivity contribution in [1.29, 1.82) is 0 Å². The second kappa shape index (κ2) is 5.54. The maximum absolute atomic E-state index is 10.7. The highest BCUT2D eigenvalue weighted by Crippen LogP contribution is 2.27. The monoisotopic (exact) mass is 280 g/mol. The molecular weight excluding hydrogens is 268 g/mol. The van der Waals surface area contributed by atoms with Crippen LogP contribution in [0.1, 0.15) is 5.69 Å². The molecule has 1 N–H and O–H groups in total. The summed E-state index contributed by atoms with van der Waals surface area (Å²) in [6, 6.07) is 6.33. The van der Waals surface area contributed by atoms with Gasteiger partial charge in [0, 0.05) is 42.2 Å². The SMILES string of the molecule is O=[N+]([O-])c1ccc(-c2nccnc2C2=CCNC=C2)cc1. The summed E-state index contributed by atoms with van der Waals surface area (Å²) in [5, 5.41) is 13.8. The van der Waals surface area contributed by atoms with Gasteiger partial charge in [0.25, 0.3) is 5.69 Å². The van der Waals surface area contributed by atoms with Gasteiger partial charge in [-0.2, -0.15) is 0 Å². The minimum atomic E-state index is -0.417. The number of hydrogen-bond acceptors (Lipinski definition) is 5. The van der Waals surface area contributed by atoms with Crippen molar-refractivity contribution < 1.29 is 4.92 Å². The quantitative estimate of drug-likeness (QED) is 0.690. The van der Waals surface area contributed by atoms with E-state index in [0.717, 1.165) is 23.4 Å². The van der Waals surface area contributed by atoms with Gasteiger partial charge in [0.1, 0.15) is 0 Å². The van der Waals surface area contributed by atoms with Gasteiger partial charge in [-0.1, -0.05) is 6.08 Å². The third-order valence-corrected chi connectivity index (χ3v) is 3.14. The van der Waals surface area contributed by atoms with E-state index in [1.807, 2.05) is 18.4 Å². The molecule has 0 radical (unpaired) electrons. The topological polar surface area (TPSA) is 81.0 Å². The third kappa shape index (κ3) is 2.64. The van der Waals surface area contributed by atoms with E-state index in [9.17, 15) is 10.1 Å². The van der Waals surface area contributed by atoms with E-state index in [4.69, 9.17) is 0 Å². The summed E-state index contributed by atoms with van der Waals surface area (Å²) in [6.45, 7) is 0.738. The molecule has 6 nitrogen and oxygen atoms in total. The number of nitrogens with one attached hydrogen (secondary N) is 1. The van der Waals surface area contributed by atoms with Gasteiger partial charge in [-0.05, 0) is 24.4 Å². The summed E-state index contributed by atoms with van der Waals surface area (Å²) < 4.78 is 0. The molecule has 2 heterocycles. The molecule has 1 aromatic heterocycles. The van der Waals surface area contributed by atoms with E-state index < -0.39 is 4.92 Å². The lowest BCUT2D eigenvalue weighted by molar-refractivity contribution is -0.384. The first kappa shape index (κ1) is 13.0. The van der Waals surface area contributed by atoms with Gasteiger partial charge >= 0.3 is 0 Å². The molecule has 6 heteroatoms. The van der Waals surface area contributed by atoms with Crippen molar-refractivity contribution in [2.45, 2.75) is 0 Å². The molecule has 3 rings (SSSR count). The molecule has 0 saturated heterocycles. The molecule has 1 aromatic carbocycles. The Morgan fingerprint density at radius 2 is 1.81 bits per heavy atom. The fraction of sp³-hybridized carbons (Fsp3) is 0.0667. The molecule has 2 aromatic rings. The van der Waals surface area contributed by atoms with Gasteiger partial charge in [0.15, 0.2) is 0 Å². The predicted molar refractivity (Wildman–Crippen MR) is 79.2 cm³/mol. The largest absolute Gasteiger partial charge is 0.387 e. The average Bonchev–Trinajstić information content (AvgIpc) is 2.56. The van der Waals surface area contributed by atoms with Crippen molar-refractivity contribution >= 4 is 11.3 Å². The molecular formula is C15H12N4O2. The van der Waals surface area contributed by atoms with Crippen LogP contribution >= 0.6 is 0 Å². The van der Waals surface area contributed by atoms with E-state index in [0.29, 0.717) is 5.69 Å². The van der Waals surface area contributed by atoms with Crippen LogP contribution in [0.4, 0.5) is 5.69 Å². The highest BCUT2D eigenvalue weighted by atomic mass is 16.6. The van der Waals surface area contributed by atoms with E-state index in [-0.39, 0.29) is 5.69 Å². The van der Waals surface area contributed by atoms with E-state index in [1.54, 1.807) is 24.5 Å². The number of rotatable bonds is 3. The van der Waals surface area contributed by atoms with Crippen LogP contribution in [-0.4, -0.2) is 21.4 Å². The number of aromatic nitrogens is 2. The van der Waals surface area contributed by atoms with Gasteiger partial charge in [0.2, 0.25) is 0 Å². The molecule has 1 aliphatic rings. The number of nitro groups is 1. The number of nitrogens with zero attached hydrogens (tertiary/aromatic N) is 3. The van der Waals surface area contributed by atoms with E-state index in [2.05, 4.69) is 15.3 Å². The molecule has 0 unspecified atom stereocenters. The fourth-order valence-corrected chi connectivity index (χ4v) is 2.13. The summed E-state index contributed by atoms with van der Waals surface area (Å²) in [5.74, 6) is 0. The molecule has 104 valence electrons. The maximum Gasteiger partial charge on any atom is 0.269 e. The highest BCUT2D eigenvalue weighted by molar-refractivity contribution is 5.82. The predicted octanol–water partition coefficient (Wildman–Crippen LogP) is 2.55. The Morgan fingerprint density at radius 3 is 2.43 bits per heavy atom. The van der Waals surface area contributed by atoms with Crippen LogP contribution in [0.2, 0.25) is 0 Å². The fourth-order valence-electron chi connectivity index (χ4n) is 2.13. The second-order valence-electron chi connectivity index (χ2n) is 4.46.